The van der Waals surface area contributed by atoms with Crippen molar-refractivity contribution in [3.05, 3.63) is 29.8 Å². The van der Waals surface area contributed by atoms with Crippen molar-refractivity contribution in [1.82, 2.24) is 5.32 Å². The quantitative estimate of drug-likeness (QED) is 0.792. The summed E-state index contributed by atoms with van der Waals surface area (Å²) in [6.07, 6.45) is 2.72. The summed E-state index contributed by atoms with van der Waals surface area (Å²) in [5.74, 6) is 1.69. The van der Waals surface area contributed by atoms with E-state index in [1.807, 2.05) is 30.3 Å². The van der Waals surface area contributed by atoms with Gasteiger partial charge < -0.3 is 10.1 Å². The van der Waals surface area contributed by atoms with Crippen LogP contribution in [-0.4, -0.2) is 13.2 Å². The molecule has 0 radical (unpaired) electrons. The van der Waals surface area contributed by atoms with Gasteiger partial charge in [0.2, 0.25) is 0 Å². The van der Waals surface area contributed by atoms with Crippen LogP contribution in [-0.2, 0) is 6.54 Å². The van der Waals surface area contributed by atoms with E-state index in [1.165, 1.54) is 12.8 Å². The van der Waals surface area contributed by atoms with Crippen LogP contribution in [0.1, 0.15) is 18.4 Å². The number of nitrogens with zero attached hydrogens (tertiary/aromatic N) is 1. The minimum absolute atomic E-state index is 0.111. The van der Waals surface area contributed by atoms with Gasteiger partial charge in [-0.25, -0.2) is 0 Å². The van der Waals surface area contributed by atoms with Crippen LogP contribution in [0.3, 0.4) is 0 Å². The fourth-order valence-electron chi connectivity index (χ4n) is 1.63. The van der Waals surface area contributed by atoms with E-state index in [1.54, 1.807) is 0 Å². The molecule has 1 aliphatic carbocycles. The zero-order chi connectivity index (χ0) is 11.2. The van der Waals surface area contributed by atoms with E-state index in [0.717, 1.165) is 30.3 Å². The molecule has 1 aromatic rings. The molecule has 0 aliphatic heterocycles. The van der Waals surface area contributed by atoms with Gasteiger partial charge in [-0.15, -0.1) is 0 Å². The van der Waals surface area contributed by atoms with Crippen LogP contribution in [0.2, 0.25) is 0 Å². The normalized spacial score (nSPS) is 14.4. The SMILES string of the molecule is N#CCOc1ccccc1CNCC1CC1. The second-order valence-electron chi connectivity index (χ2n) is 4.13. The van der Waals surface area contributed by atoms with Gasteiger partial charge >= 0.3 is 0 Å². The number of rotatable bonds is 6. The predicted octanol–water partition coefficient (Wildman–Crippen LogP) is 2.09. The minimum Gasteiger partial charge on any atom is -0.478 e. The number of benzene rings is 1. The molecule has 84 valence electrons. The van der Waals surface area contributed by atoms with Crippen molar-refractivity contribution in [2.75, 3.05) is 13.2 Å². The Morgan fingerprint density at radius 3 is 2.94 bits per heavy atom. The summed E-state index contributed by atoms with van der Waals surface area (Å²) in [5, 5.41) is 11.9. The average Bonchev–Trinajstić information content (AvgIpc) is 3.12. The highest BCUT2D eigenvalue weighted by molar-refractivity contribution is 5.33. The molecule has 0 spiro atoms. The smallest absolute Gasteiger partial charge is 0.174 e. The van der Waals surface area contributed by atoms with E-state index in [9.17, 15) is 0 Å². The number of para-hydroxylation sites is 1. The van der Waals surface area contributed by atoms with Crippen LogP contribution in [0, 0.1) is 17.2 Å². The summed E-state index contributed by atoms with van der Waals surface area (Å²) in [4.78, 5) is 0. The fourth-order valence-corrected chi connectivity index (χ4v) is 1.63. The summed E-state index contributed by atoms with van der Waals surface area (Å²) in [6, 6.07) is 9.85. The van der Waals surface area contributed by atoms with Crippen molar-refractivity contribution in [3.63, 3.8) is 0 Å². The van der Waals surface area contributed by atoms with E-state index in [-0.39, 0.29) is 6.61 Å². The van der Waals surface area contributed by atoms with Gasteiger partial charge in [0.1, 0.15) is 11.8 Å². The lowest BCUT2D eigenvalue weighted by Crippen LogP contribution is -2.16. The molecule has 0 unspecified atom stereocenters. The van der Waals surface area contributed by atoms with Gasteiger partial charge in [-0.3, -0.25) is 0 Å². The van der Waals surface area contributed by atoms with Gasteiger partial charge in [0.25, 0.3) is 0 Å². The van der Waals surface area contributed by atoms with Gasteiger partial charge in [0.15, 0.2) is 6.61 Å². The standard InChI is InChI=1S/C13H16N2O/c14-7-8-16-13-4-2-1-3-12(13)10-15-9-11-5-6-11/h1-4,11,15H,5-6,8-10H2. The third-order valence-corrected chi connectivity index (χ3v) is 2.71. The van der Waals surface area contributed by atoms with Crippen LogP contribution in [0.5, 0.6) is 5.75 Å². The molecule has 0 saturated heterocycles. The Balaban J connectivity index is 1.87. The highest BCUT2D eigenvalue weighted by Gasteiger charge is 2.20. The summed E-state index contributed by atoms with van der Waals surface area (Å²) in [6.45, 7) is 2.02. The molecule has 1 aliphatic rings. The van der Waals surface area contributed by atoms with Gasteiger partial charge in [0.05, 0.1) is 0 Å². The Bertz CT molecular complexity index is 380. The lowest BCUT2D eigenvalue weighted by atomic mass is 10.2. The van der Waals surface area contributed by atoms with E-state index >= 15 is 0 Å². The second-order valence-corrected chi connectivity index (χ2v) is 4.13. The molecule has 1 fully saturated rings. The van der Waals surface area contributed by atoms with Crippen molar-refractivity contribution in [1.29, 1.82) is 5.26 Å². The van der Waals surface area contributed by atoms with Crippen molar-refractivity contribution >= 4 is 0 Å². The molecule has 0 bridgehead atoms. The van der Waals surface area contributed by atoms with Crippen LogP contribution >= 0.6 is 0 Å². The summed E-state index contributed by atoms with van der Waals surface area (Å²) < 4.78 is 5.36. The minimum atomic E-state index is 0.111. The molecule has 16 heavy (non-hydrogen) atoms. The number of nitrogens with one attached hydrogen (secondary N) is 1. The molecule has 1 aromatic carbocycles. The Morgan fingerprint density at radius 1 is 1.38 bits per heavy atom. The highest BCUT2D eigenvalue weighted by atomic mass is 16.5. The molecular formula is C13H16N2O. The Morgan fingerprint density at radius 2 is 2.19 bits per heavy atom. The van der Waals surface area contributed by atoms with Gasteiger partial charge in [-0.2, -0.15) is 5.26 Å². The molecule has 1 saturated carbocycles. The van der Waals surface area contributed by atoms with E-state index in [0.29, 0.717) is 0 Å². The van der Waals surface area contributed by atoms with Crippen LogP contribution in [0.4, 0.5) is 0 Å². The third-order valence-electron chi connectivity index (χ3n) is 2.71. The maximum atomic E-state index is 8.48. The van der Waals surface area contributed by atoms with Crippen LogP contribution in [0.15, 0.2) is 24.3 Å². The molecule has 2 rings (SSSR count). The second kappa shape index (κ2) is 5.53. The Hall–Kier alpha value is -1.53. The molecule has 0 heterocycles. The van der Waals surface area contributed by atoms with Gasteiger partial charge in [-0.1, -0.05) is 18.2 Å². The fraction of sp³-hybridized carbons (Fsp3) is 0.462. The Kier molecular flexibility index (Phi) is 3.79. The zero-order valence-corrected chi connectivity index (χ0v) is 9.28. The summed E-state index contributed by atoms with van der Waals surface area (Å²) in [5.41, 5.74) is 1.12. The number of ether oxygens (including phenoxy) is 1. The number of hydrogen-bond donors (Lipinski definition) is 1. The topological polar surface area (TPSA) is 45.0 Å². The average molecular weight is 216 g/mol. The summed E-state index contributed by atoms with van der Waals surface area (Å²) >= 11 is 0. The van der Waals surface area contributed by atoms with Crippen LogP contribution < -0.4 is 10.1 Å². The molecule has 3 nitrogen and oxygen atoms in total. The van der Waals surface area contributed by atoms with Crippen molar-refractivity contribution < 1.29 is 4.74 Å². The number of hydrogen-bond acceptors (Lipinski definition) is 3. The van der Waals surface area contributed by atoms with Crippen molar-refractivity contribution in [3.8, 4) is 11.8 Å². The first-order valence-corrected chi connectivity index (χ1v) is 5.68. The van der Waals surface area contributed by atoms with Crippen molar-refractivity contribution in [2.24, 2.45) is 5.92 Å². The molecule has 1 N–H and O–H groups in total. The molecule has 0 atom stereocenters. The van der Waals surface area contributed by atoms with E-state index in [2.05, 4.69) is 5.32 Å². The molecule has 3 heteroatoms. The molecular weight excluding hydrogens is 200 g/mol. The lowest BCUT2D eigenvalue weighted by Gasteiger charge is -2.09. The third kappa shape index (κ3) is 3.25. The number of nitriles is 1. The summed E-state index contributed by atoms with van der Waals surface area (Å²) in [7, 11) is 0. The highest BCUT2D eigenvalue weighted by Crippen LogP contribution is 2.27. The predicted molar refractivity (Wildman–Crippen MR) is 62.0 cm³/mol. The van der Waals surface area contributed by atoms with E-state index in [4.69, 9.17) is 10.00 Å². The molecule has 0 amide bonds. The largest absolute Gasteiger partial charge is 0.478 e. The van der Waals surface area contributed by atoms with Crippen LogP contribution in [0.25, 0.3) is 0 Å². The molecule has 0 aromatic heterocycles. The monoisotopic (exact) mass is 216 g/mol. The van der Waals surface area contributed by atoms with Gasteiger partial charge in [-0.05, 0) is 31.4 Å². The Labute approximate surface area is 96.0 Å². The van der Waals surface area contributed by atoms with E-state index < -0.39 is 0 Å². The maximum Gasteiger partial charge on any atom is 0.174 e. The zero-order valence-electron chi connectivity index (χ0n) is 9.28. The van der Waals surface area contributed by atoms with Crippen molar-refractivity contribution in [2.45, 2.75) is 19.4 Å². The van der Waals surface area contributed by atoms with Gasteiger partial charge in [0, 0.05) is 12.1 Å². The first-order valence-electron chi connectivity index (χ1n) is 5.68. The first-order chi connectivity index (χ1) is 7.90. The first kappa shape index (κ1) is 11.0. The maximum absolute atomic E-state index is 8.48. The lowest BCUT2D eigenvalue weighted by molar-refractivity contribution is 0.362.